The number of imidazole rings is 1. The summed E-state index contributed by atoms with van der Waals surface area (Å²) in [6.07, 6.45) is 16.4. The Hall–Kier alpha value is -3.38. The minimum absolute atomic E-state index is 0.0158. The molecule has 4 atom stereocenters. The minimum Gasteiger partial charge on any atom is -0.343 e. The van der Waals surface area contributed by atoms with E-state index in [-0.39, 0.29) is 77.5 Å². The number of halogens is 7. The van der Waals surface area contributed by atoms with Crippen molar-refractivity contribution in [1.29, 1.82) is 0 Å². The zero-order valence-corrected chi connectivity index (χ0v) is 52.9. The van der Waals surface area contributed by atoms with Gasteiger partial charge < -0.3 is 24.2 Å². The Kier molecular flexibility index (Phi) is 18.1. The molecule has 0 saturated carbocycles. The number of fused-ring (bicyclic) bond motifs is 4. The van der Waals surface area contributed by atoms with Gasteiger partial charge in [0.2, 0.25) is 23.6 Å². The molecule has 418 valence electrons. The molecule has 5 aromatic rings. The van der Waals surface area contributed by atoms with Crippen molar-refractivity contribution in [3.63, 3.8) is 0 Å². The van der Waals surface area contributed by atoms with Crippen LogP contribution in [0.3, 0.4) is 0 Å². The molecule has 2 unspecified atom stereocenters. The molecule has 4 amide bonds. The van der Waals surface area contributed by atoms with Crippen LogP contribution in [0.25, 0.3) is 0 Å². The Morgan fingerprint density at radius 1 is 0.608 bits per heavy atom. The maximum atomic E-state index is 16.1. The van der Waals surface area contributed by atoms with Gasteiger partial charge in [-0.05, 0) is 203 Å². The predicted molar refractivity (Wildman–Crippen MR) is 323 cm³/mol. The molecular formula is C60H65Br4Cl3N8O4. The van der Waals surface area contributed by atoms with E-state index >= 15 is 4.79 Å². The number of carbonyl (C=O) groups excluding carboxylic acids is 4. The summed E-state index contributed by atoms with van der Waals surface area (Å²) in [4.78, 5) is 78.9. The van der Waals surface area contributed by atoms with E-state index < -0.39 is 5.92 Å². The quantitative estimate of drug-likeness (QED) is 0.128. The van der Waals surface area contributed by atoms with Crippen LogP contribution in [-0.2, 0) is 45.0 Å². The van der Waals surface area contributed by atoms with Gasteiger partial charge in [0.05, 0.1) is 23.4 Å². The molecular weight excluding hydrogens is 1320 g/mol. The first kappa shape index (κ1) is 57.4. The van der Waals surface area contributed by atoms with E-state index in [0.717, 1.165) is 103 Å². The van der Waals surface area contributed by atoms with Crippen molar-refractivity contribution in [3.8, 4) is 0 Å². The van der Waals surface area contributed by atoms with Crippen LogP contribution in [0.5, 0.6) is 0 Å². The first-order valence-corrected chi connectivity index (χ1v) is 32.5. The third kappa shape index (κ3) is 12.3. The van der Waals surface area contributed by atoms with Crippen molar-refractivity contribution < 1.29 is 19.2 Å². The molecule has 0 bridgehead atoms. The van der Waals surface area contributed by atoms with E-state index in [4.69, 9.17) is 44.8 Å². The third-order valence-electron chi connectivity index (χ3n) is 18.4. The standard InChI is InChI=1S/C60H65Br4Cl3N8O4/c1-34-31-71(33-70-34)32-52(78)74-12-4-35(5-13-74)20-50(76)72-14-8-38(9-15-72)56-57-47(25-45(67)27-49(57)64)46(24-41-22-43(62)30-69-59(41)56)53(36-6-16-73(17-7-36)51(77)28-65)60(79)75-18-10-37(11-19-75)55-54-39(23-44(66)26-48(54)63)2-3-40-21-42(61)29-68-58(40)55/h21-23,25-27,29-31,33,35-38,46,53,55-56H,2-20,24,28,32H2,1H3/t46?,53?,55-,56-/m1/s1. The maximum absolute atomic E-state index is 16.1. The fourth-order valence-electron chi connectivity index (χ4n) is 14.5. The molecule has 79 heavy (non-hydrogen) atoms. The Balaban J connectivity index is 0.858. The van der Waals surface area contributed by atoms with Gasteiger partial charge in [0.1, 0.15) is 12.4 Å². The topological polar surface area (TPSA) is 125 Å². The van der Waals surface area contributed by atoms with Crippen LogP contribution >= 0.6 is 98.5 Å². The Morgan fingerprint density at radius 3 is 1.77 bits per heavy atom. The van der Waals surface area contributed by atoms with Crippen LogP contribution < -0.4 is 0 Å². The number of carbonyl (C=O) groups is 4. The van der Waals surface area contributed by atoms with Gasteiger partial charge in [0.15, 0.2) is 0 Å². The van der Waals surface area contributed by atoms with E-state index in [2.05, 4.69) is 103 Å². The van der Waals surface area contributed by atoms with Crippen LogP contribution in [0.1, 0.15) is 126 Å². The van der Waals surface area contributed by atoms with Crippen LogP contribution in [0.2, 0.25) is 10.0 Å². The number of amides is 4. The molecule has 2 aliphatic carbocycles. The number of hydrogen-bond donors (Lipinski definition) is 0. The number of likely N-dealkylation sites (tertiary alicyclic amines) is 4. The molecule has 0 radical (unpaired) electrons. The van der Waals surface area contributed by atoms with E-state index in [0.29, 0.717) is 88.1 Å². The van der Waals surface area contributed by atoms with Crippen molar-refractivity contribution in [3.05, 3.63) is 140 Å². The lowest BCUT2D eigenvalue weighted by atomic mass is 9.69. The molecule has 0 N–H and O–H groups in total. The van der Waals surface area contributed by atoms with E-state index in [1.54, 1.807) is 6.33 Å². The minimum atomic E-state index is -0.417. The number of nitrogens with zero attached hydrogens (tertiary/aromatic N) is 8. The molecule has 4 saturated heterocycles. The van der Waals surface area contributed by atoms with Gasteiger partial charge in [-0.15, -0.1) is 11.6 Å². The van der Waals surface area contributed by atoms with Crippen molar-refractivity contribution >= 4 is 122 Å². The highest BCUT2D eigenvalue weighted by Crippen LogP contribution is 2.53. The lowest BCUT2D eigenvalue weighted by Gasteiger charge is -2.43. The van der Waals surface area contributed by atoms with Gasteiger partial charge in [0.25, 0.3) is 0 Å². The van der Waals surface area contributed by atoms with E-state index in [1.165, 1.54) is 16.7 Å². The fourth-order valence-corrected chi connectivity index (χ4v) is 17.6. The average molecular weight is 1390 g/mol. The van der Waals surface area contributed by atoms with Gasteiger partial charge in [-0.25, -0.2) is 4.98 Å². The summed E-state index contributed by atoms with van der Waals surface area (Å²) in [5.74, 6) is 0.132. The molecule has 6 aliphatic rings. The molecule has 19 heteroatoms. The molecule has 7 heterocycles. The molecule has 12 nitrogen and oxygen atoms in total. The van der Waals surface area contributed by atoms with Gasteiger partial charge in [0, 0.05) is 129 Å². The highest BCUT2D eigenvalue weighted by Gasteiger charge is 2.47. The number of aromatic nitrogens is 4. The number of benzene rings is 2. The molecule has 4 aliphatic heterocycles. The highest BCUT2D eigenvalue weighted by molar-refractivity contribution is 9.11. The summed E-state index contributed by atoms with van der Waals surface area (Å²) < 4.78 is 5.58. The van der Waals surface area contributed by atoms with Crippen LogP contribution in [-0.4, -0.2) is 121 Å². The van der Waals surface area contributed by atoms with E-state index in [9.17, 15) is 14.4 Å². The number of pyridine rings is 2. The van der Waals surface area contributed by atoms with Crippen LogP contribution in [0, 0.1) is 36.5 Å². The predicted octanol–water partition coefficient (Wildman–Crippen LogP) is 12.9. The second-order valence-electron chi connectivity index (χ2n) is 23.0. The number of aryl methyl sites for hydroxylation is 3. The number of hydrogen-bond acceptors (Lipinski definition) is 7. The maximum Gasteiger partial charge on any atom is 0.242 e. The number of alkyl halides is 1. The largest absolute Gasteiger partial charge is 0.343 e. The third-order valence-corrected chi connectivity index (χ3v) is 21.2. The molecule has 3 aromatic heterocycles. The monoisotopic (exact) mass is 1380 g/mol. The first-order valence-electron chi connectivity index (χ1n) is 28.0. The number of rotatable bonds is 10. The molecule has 11 rings (SSSR count). The van der Waals surface area contributed by atoms with Crippen LogP contribution in [0.4, 0.5) is 0 Å². The summed E-state index contributed by atoms with van der Waals surface area (Å²) in [5, 5.41) is 1.31. The molecule has 4 fully saturated rings. The van der Waals surface area contributed by atoms with Gasteiger partial charge >= 0.3 is 0 Å². The first-order chi connectivity index (χ1) is 38.1. The zero-order valence-electron chi connectivity index (χ0n) is 44.3. The Morgan fingerprint density at radius 2 is 1.14 bits per heavy atom. The SMILES string of the molecule is Cc1cn(CC(=O)N2CCC(CC(=O)N3CCC([C@H]4c5ncc(Br)cc5CC(C(C(=O)N5CCC([C@H]6c7ncc(Br)cc7CCc7cc(Cl)cc(Br)c76)CC5)C5CCN(C(=O)CCl)CC5)c5cc(Cl)cc(Br)c54)CC3)CC2)cn1. The average Bonchev–Trinajstić information content (AvgIpc) is 3.98. The Labute approximate surface area is 512 Å². The van der Waals surface area contributed by atoms with Crippen molar-refractivity contribution in [1.82, 2.24) is 39.1 Å². The van der Waals surface area contributed by atoms with Crippen molar-refractivity contribution in [2.75, 3.05) is 58.2 Å². The lowest BCUT2D eigenvalue weighted by molar-refractivity contribution is -0.141. The fraction of sp³-hybridized carbons (Fsp3) is 0.517. The van der Waals surface area contributed by atoms with Crippen molar-refractivity contribution in [2.24, 2.45) is 29.6 Å². The normalized spacial score (nSPS) is 21.8. The summed E-state index contributed by atoms with van der Waals surface area (Å²) in [6.45, 7) is 7.10. The Bertz CT molecular complexity index is 3130. The zero-order chi connectivity index (χ0) is 55.2. The van der Waals surface area contributed by atoms with Crippen molar-refractivity contribution in [2.45, 2.75) is 108 Å². The summed E-state index contributed by atoms with van der Waals surface area (Å²) >= 11 is 35.5. The summed E-state index contributed by atoms with van der Waals surface area (Å²) in [6, 6.07) is 12.7. The van der Waals surface area contributed by atoms with Gasteiger partial charge in [-0.1, -0.05) is 55.1 Å². The molecule has 0 spiro atoms. The van der Waals surface area contributed by atoms with E-state index in [1.807, 2.05) is 52.0 Å². The highest BCUT2D eigenvalue weighted by atomic mass is 79.9. The van der Waals surface area contributed by atoms with Gasteiger partial charge in [-0.2, -0.15) is 0 Å². The summed E-state index contributed by atoms with van der Waals surface area (Å²) in [5.41, 5.74) is 10.0. The number of piperidine rings is 4. The second-order valence-corrected chi connectivity index (χ2v) is 27.7. The lowest BCUT2D eigenvalue weighted by Crippen LogP contribution is -2.49. The van der Waals surface area contributed by atoms with Crippen LogP contribution in [0.15, 0.2) is 79.2 Å². The summed E-state index contributed by atoms with van der Waals surface area (Å²) in [7, 11) is 0. The second kappa shape index (κ2) is 24.8. The molecule has 2 aromatic carbocycles. The smallest absolute Gasteiger partial charge is 0.242 e. The van der Waals surface area contributed by atoms with Gasteiger partial charge in [-0.3, -0.25) is 29.1 Å².